The zero-order valence-corrected chi connectivity index (χ0v) is 12.7. The third-order valence-corrected chi connectivity index (χ3v) is 3.91. The fourth-order valence-electron chi connectivity index (χ4n) is 2.63. The first kappa shape index (κ1) is 16.4. The van der Waals surface area contributed by atoms with Crippen molar-refractivity contribution in [2.45, 2.75) is 58.2 Å². The predicted octanol–water partition coefficient (Wildman–Crippen LogP) is 0.729. The van der Waals surface area contributed by atoms with E-state index in [9.17, 15) is 4.79 Å². The Morgan fingerprint density at radius 1 is 1.63 bits per heavy atom. The normalized spacial score (nSPS) is 25.8. The molecule has 0 bridgehead atoms. The van der Waals surface area contributed by atoms with E-state index in [1.54, 1.807) is 0 Å². The van der Waals surface area contributed by atoms with Gasteiger partial charge in [0.05, 0.1) is 18.2 Å². The second-order valence-electron chi connectivity index (χ2n) is 5.85. The van der Waals surface area contributed by atoms with Crippen molar-refractivity contribution in [3.8, 4) is 0 Å². The van der Waals surface area contributed by atoms with Crippen LogP contribution < -0.4 is 11.1 Å². The standard InChI is InChI=1S/C14H29N3O2/c1-5-6-16-14(4,13(15)18)9-11(2)17-7-8-19-12(3)10-17/h11-12,16H,5-10H2,1-4H3,(H2,15,18). The lowest BCUT2D eigenvalue weighted by Crippen LogP contribution is -2.57. The number of morpholine rings is 1. The highest BCUT2D eigenvalue weighted by Crippen LogP contribution is 2.18. The minimum absolute atomic E-state index is 0.264. The predicted molar refractivity (Wildman–Crippen MR) is 77.0 cm³/mol. The summed E-state index contributed by atoms with van der Waals surface area (Å²) in [7, 11) is 0. The minimum Gasteiger partial charge on any atom is -0.376 e. The van der Waals surface area contributed by atoms with Gasteiger partial charge in [-0.2, -0.15) is 0 Å². The van der Waals surface area contributed by atoms with Gasteiger partial charge in [-0.25, -0.2) is 0 Å². The second kappa shape index (κ2) is 7.22. The Morgan fingerprint density at radius 2 is 2.32 bits per heavy atom. The molecule has 1 saturated heterocycles. The maximum absolute atomic E-state index is 11.7. The third-order valence-electron chi connectivity index (χ3n) is 3.91. The molecule has 0 aliphatic carbocycles. The van der Waals surface area contributed by atoms with E-state index in [1.807, 2.05) is 6.92 Å². The Morgan fingerprint density at radius 3 is 2.84 bits per heavy atom. The van der Waals surface area contributed by atoms with Crippen LogP contribution in [0.3, 0.4) is 0 Å². The number of hydrogen-bond acceptors (Lipinski definition) is 4. The van der Waals surface area contributed by atoms with Gasteiger partial charge in [-0.15, -0.1) is 0 Å². The van der Waals surface area contributed by atoms with E-state index < -0.39 is 5.54 Å². The van der Waals surface area contributed by atoms with Crippen molar-refractivity contribution in [3.63, 3.8) is 0 Å². The fourth-order valence-corrected chi connectivity index (χ4v) is 2.63. The number of ether oxygens (including phenoxy) is 1. The lowest BCUT2D eigenvalue weighted by atomic mass is 9.91. The van der Waals surface area contributed by atoms with Gasteiger partial charge in [-0.3, -0.25) is 9.69 Å². The highest BCUT2D eigenvalue weighted by atomic mass is 16.5. The first-order valence-electron chi connectivity index (χ1n) is 7.29. The van der Waals surface area contributed by atoms with Gasteiger partial charge in [-0.05, 0) is 40.2 Å². The van der Waals surface area contributed by atoms with E-state index in [2.05, 4.69) is 31.0 Å². The number of primary amides is 1. The van der Waals surface area contributed by atoms with Gasteiger partial charge < -0.3 is 15.8 Å². The van der Waals surface area contributed by atoms with Crippen LogP contribution in [-0.2, 0) is 9.53 Å². The quantitative estimate of drug-likeness (QED) is 0.716. The molecule has 3 N–H and O–H groups in total. The number of amides is 1. The number of nitrogens with zero attached hydrogens (tertiary/aromatic N) is 1. The smallest absolute Gasteiger partial charge is 0.237 e. The van der Waals surface area contributed by atoms with Crippen molar-refractivity contribution in [3.05, 3.63) is 0 Å². The molecule has 0 aromatic rings. The van der Waals surface area contributed by atoms with E-state index in [0.29, 0.717) is 6.04 Å². The molecular weight excluding hydrogens is 242 g/mol. The van der Waals surface area contributed by atoms with Crippen molar-refractivity contribution in [1.82, 2.24) is 10.2 Å². The van der Waals surface area contributed by atoms with Gasteiger partial charge in [0.1, 0.15) is 0 Å². The Bertz CT molecular complexity index is 298. The zero-order chi connectivity index (χ0) is 14.5. The summed E-state index contributed by atoms with van der Waals surface area (Å²) in [6.07, 6.45) is 1.99. The molecule has 5 nitrogen and oxygen atoms in total. The van der Waals surface area contributed by atoms with Crippen molar-refractivity contribution in [2.24, 2.45) is 5.73 Å². The number of carbonyl (C=O) groups excluding carboxylic acids is 1. The maximum Gasteiger partial charge on any atom is 0.237 e. The fraction of sp³-hybridized carbons (Fsp3) is 0.929. The Kier molecular flexibility index (Phi) is 6.23. The summed E-state index contributed by atoms with van der Waals surface area (Å²) in [5.41, 5.74) is 4.94. The first-order chi connectivity index (χ1) is 8.89. The molecule has 112 valence electrons. The molecule has 0 saturated carbocycles. The van der Waals surface area contributed by atoms with E-state index in [4.69, 9.17) is 10.5 Å². The summed E-state index contributed by atoms with van der Waals surface area (Å²) in [4.78, 5) is 14.1. The van der Waals surface area contributed by atoms with Crippen molar-refractivity contribution in [1.29, 1.82) is 0 Å². The van der Waals surface area contributed by atoms with Crippen LogP contribution in [0.4, 0.5) is 0 Å². The largest absolute Gasteiger partial charge is 0.376 e. The van der Waals surface area contributed by atoms with Crippen molar-refractivity contribution >= 4 is 5.91 Å². The molecule has 1 fully saturated rings. The van der Waals surface area contributed by atoms with Crippen molar-refractivity contribution < 1.29 is 9.53 Å². The monoisotopic (exact) mass is 271 g/mol. The van der Waals surface area contributed by atoms with E-state index in [-0.39, 0.29) is 12.0 Å². The molecule has 1 amide bonds. The van der Waals surface area contributed by atoms with E-state index >= 15 is 0 Å². The molecule has 3 atom stereocenters. The lowest BCUT2D eigenvalue weighted by molar-refractivity contribution is -0.125. The summed E-state index contributed by atoms with van der Waals surface area (Å²) >= 11 is 0. The lowest BCUT2D eigenvalue weighted by Gasteiger charge is -2.39. The van der Waals surface area contributed by atoms with E-state index in [1.165, 1.54) is 0 Å². The second-order valence-corrected chi connectivity index (χ2v) is 5.85. The average Bonchev–Trinajstić information content (AvgIpc) is 2.36. The van der Waals surface area contributed by atoms with Gasteiger partial charge in [0.2, 0.25) is 5.91 Å². The number of rotatable bonds is 7. The Balaban J connectivity index is 2.59. The van der Waals surface area contributed by atoms with Crippen LogP contribution in [0.25, 0.3) is 0 Å². The minimum atomic E-state index is -0.628. The van der Waals surface area contributed by atoms with Gasteiger partial charge >= 0.3 is 0 Å². The number of hydrogen-bond donors (Lipinski definition) is 2. The summed E-state index contributed by atoms with van der Waals surface area (Å²) < 4.78 is 5.55. The maximum atomic E-state index is 11.7. The number of carbonyl (C=O) groups is 1. The molecule has 0 spiro atoms. The Labute approximate surface area is 116 Å². The molecule has 1 rings (SSSR count). The van der Waals surface area contributed by atoms with Crippen LogP contribution in [0, 0.1) is 0 Å². The highest BCUT2D eigenvalue weighted by molar-refractivity contribution is 5.84. The Hall–Kier alpha value is -0.650. The van der Waals surface area contributed by atoms with Crippen LogP contribution >= 0.6 is 0 Å². The third kappa shape index (κ3) is 4.75. The molecule has 5 heteroatoms. The first-order valence-corrected chi connectivity index (χ1v) is 7.29. The van der Waals surface area contributed by atoms with Crippen molar-refractivity contribution in [2.75, 3.05) is 26.2 Å². The molecule has 0 radical (unpaired) electrons. The zero-order valence-electron chi connectivity index (χ0n) is 12.7. The van der Waals surface area contributed by atoms with Gasteiger partial charge in [0.15, 0.2) is 0 Å². The highest BCUT2D eigenvalue weighted by Gasteiger charge is 2.34. The summed E-state index contributed by atoms with van der Waals surface area (Å²) in [6, 6.07) is 0.313. The molecule has 1 aliphatic rings. The van der Waals surface area contributed by atoms with Crippen LogP contribution in [0.15, 0.2) is 0 Å². The topological polar surface area (TPSA) is 67.6 Å². The molecule has 0 aromatic carbocycles. The molecular formula is C14H29N3O2. The van der Waals surface area contributed by atoms with Crippen LogP contribution in [0.5, 0.6) is 0 Å². The molecule has 1 aliphatic heterocycles. The van der Waals surface area contributed by atoms with Gasteiger partial charge in [0.25, 0.3) is 0 Å². The van der Waals surface area contributed by atoms with Gasteiger partial charge in [0, 0.05) is 19.1 Å². The van der Waals surface area contributed by atoms with Crippen LogP contribution in [-0.4, -0.2) is 54.7 Å². The van der Waals surface area contributed by atoms with E-state index in [0.717, 1.165) is 39.1 Å². The van der Waals surface area contributed by atoms with Gasteiger partial charge in [-0.1, -0.05) is 6.92 Å². The average molecular weight is 271 g/mol. The molecule has 3 unspecified atom stereocenters. The summed E-state index contributed by atoms with van der Waals surface area (Å²) in [6.45, 7) is 11.7. The molecule has 1 heterocycles. The number of nitrogens with two attached hydrogens (primary N) is 1. The number of nitrogens with one attached hydrogen (secondary N) is 1. The SMILES string of the molecule is CCCNC(C)(CC(C)N1CCOC(C)C1)C(N)=O. The van der Waals surface area contributed by atoms with Crippen LogP contribution in [0.1, 0.15) is 40.5 Å². The molecule has 0 aromatic heterocycles. The summed E-state index contributed by atoms with van der Waals surface area (Å²) in [5, 5.41) is 3.29. The van der Waals surface area contributed by atoms with Crippen LogP contribution in [0.2, 0.25) is 0 Å². The molecule has 19 heavy (non-hydrogen) atoms. The summed E-state index contributed by atoms with van der Waals surface area (Å²) in [5.74, 6) is -0.269.